The van der Waals surface area contributed by atoms with Gasteiger partial charge in [-0.2, -0.15) is 0 Å². The van der Waals surface area contributed by atoms with Crippen LogP contribution >= 0.6 is 11.6 Å². The lowest BCUT2D eigenvalue weighted by molar-refractivity contribution is -0.135. The van der Waals surface area contributed by atoms with Crippen LogP contribution < -0.4 is 4.90 Å². The zero-order valence-corrected chi connectivity index (χ0v) is 17.8. The summed E-state index contributed by atoms with van der Waals surface area (Å²) >= 11 is 6.14. The zero-order valence-electron chi connectivity index (χ0n) is 16.3. The first kappa shape index (κ1) is 20.0. The Labute approximate surface area is 172 Å². The largest absolute Gasteiger partial charge is 0.362 e. The molecule has 154 valence electrons. The first-order valence-corrected chi connectivity index (χ1v) is 12.7. The summed E-state index contributed by atoms with van der Waals surface area (Å²) in [4.78, 5) is 17.6. The number of amides is 1. The van der Waals surface area contributed by atoms with Gasteiger partial charge in [-0.3, -0.25) is 4.79 Å². The van der Waals surface area contributed by atoms with E-state index in [9.17, 15) is 13.2 Å². The number of benzene rings is 1. The van der Waals surface area contributed by atoms with Crippen LogP contribution in [0.4, 0.5) is 5.69 Å². The minimum Gasteiger partial charge on any atom is -0.362 e. The fourth-order valence-electron chi connectivity index (χ4n) is 5.11. The highest BCUT2D eigenvalue weighted by atomic mass is 35.5. The van der Waals surface area contributed by atoms with Crippen LogP contribution in [-0.4, -0.2) is 55.9 Å². The summed E-state index contributed by atoms with van der Waals surface area (Å²) in [5.74, 6) is 0.414. The topological polar surface area (TPSA) is 57.7 Å². The van der Waals surface area contributed by atoms with Crippen molar-refractivity contribution >= 4 is 33.0 Å². The third-order valence-electron chi connectivity index (χ3n) is 6.44. The van der Waals surface area contributed by atoms with E-state index in [1.165, 1.54) is 12.0 Å². The van der Waals surface area contributed by atoms with E-state index in [0.29, 0.717) is 13.0 Å². The van der Waals surface area contributed by atoms with Crippen molar-refractivity contribution in [2.75, 3.05) is 29.5 Å². The maximum Gasteiger partial charge on any atom is 0.242 e. The molecule has 1 atom stereocenters. The average molecular weight is 425 g/mol. The lowest BCUT2D eigenvalue weighted by Crippen LogP contribution is -2.52. The van der Waals surface area contributed by atoms with E-state index in [-0.39, 0.29) is 29.5 Å². The lowest BCUT2D eigenvalue weighted by atomic mass is 9.92. The van der Waals surface area contributed by atoms with Crippen LogP contribution in [0.3, 0.4) is 0 Å². The normalized spacial score (nSPS) is 24.8. The van der Waals surface area contributed by atoms with Crippen molar-refractivity contribution in [2.24, 2.45) is 0 Å². The molecule has 1 saturated heterocycles. The molecule has 1 saturated carbocycles. The van der Waals surface area contributed by atoms with E-state index >= 15 is 0 Å². The molecule has 5 nitrogen and oxygen atoms in total. The van der Waals surface area contributed by atoms with Crippen LogP contribution in [0, 0.1) is 0 Å². The molecule has 7 heteroatoms. The van der Waals surface area contributed by atoms with Crippen LogP contribution in [0.2, 0.25) is 5.02 Å². The van der Waals surface area contributed by atoms with Crippen molar-refractivity contribution in [3.05, 3.63) is 28.8 Å². The number of rotatable bonds is 4. The number of nitrogens with zero attached hydrogens (tertiary/aromatic N) is 2. The number of hydrogen-bond acceptors (Lipinski definition) is 4. The van der Waals surface area contributed by atoms with Crippen LogP contribution in [-0.2, 0) is 21.1 Å². The number of sulfone groups is 1. The van der Waals surface area contributed by atoms with Crippen molar-refractivity contribution in [1.29, 1.82) is 0 Å². The molecule has 1 aromatic rings. The molecule has 3 aliphatic rings. The minimum atomic E-state index is -3.02. The van der Waals surface area contributed by atoms with Gasteiger partial charge in [0.1, 0.15) is 0 Å². The molecule has 1 aliphatic carbocycles. The number of hydrogen-bond donors (Lipinski definition) is 0. The average Bonchev–Trinajstić information content (AvgIpc) is 3.02. The standard InChI is InChI=1S/C21H29ClN2O3S/c22-17-8-9-20-16(13-17)5-4-11-23(20)14-21(25)24(18-6-2-1-3-7-18)19-10-12-28(26,27)15-19/h8-9,13,18-19H,1-7,10-12,14-15H2. The van der Waals surface area contributed by atoms with Crippen molar-refractivity contribution in [1.82, 2.24) is 4.90 Å². The summed E-state index contributed by atoms with van der Waals surface area (Å²) in [5, 5.41) is 0.729. The first-order valence-electron chi connectivity index (χ1n) is 10.5. The van der Waals surface area contributed by atoms with Gasteiger partial charge in [-0.05, 0) is 55.9 Å². The third kappa shape index (κ3) is 4.33. The van der Waals surface area contributed by atoms with E-state index in [1.807, 2.05) is 23.1 Å². The molecule has 0 bridgehead atoms. The maximum absolute atomic E-state index is 13.4. The molecule has 4 rings (SSSR count). The molecule has 28 heavy (non-hydrogen) atoms. The van der Waals surface area contributed by atoms with E-state index in [4.69, 9.17) is 11.6 Å². The van der Waals surface area contributed by atoms with Gasteiger partial charge in [0.05, 0.1) is 18.1 Å². The summed E-state index contributed by atoms with van der Waals surface area (Å²) in [6.45, 7) is 1.17. The minimum absolute atomic E-state index is 0.0804. The number of fused-ring (bicyclic) bond motifs is 1. The monoisotopic (exact) mass is 424 g/mol. The first-order chi connectivity index (χ1) is 13.4. The van der Waals surface area contributed by atoms with Gasteiger partial charge in [-0.1, -0.05) is 30.9 Å². The quantitative estimate of drug-likeness (QED) is 0.742. The second kappa shape index (κ2) is 8.23. The Balaban J connectivity index is 1.55. The Morgan fingerprint density at radius 2 is 1.89 bits per heavy atom. The van der Waals surface area contributed by atoms with Gasteiger partial charge in [0.15, 0.2) is 9.84 Å². The molecule has 0 aromatic heterocycles. The molecule has 1 aromatic carbocycles. The Morgan fingerprint density at radius 1 is 1.11 bits per heavy atom. The third-order valence-corrected chi connectivity index (χ3v) is 8.43. The Kier molecular flexibility index (Phi) is 5.88. The highest BCUT2D eigenvalue weighted by molar-refractivity contribution is 7.91. The number of halogens is 1. The fraction of sp³-hybridized carbons (Fsp3) is 0.667. The van der Waals surface area contributed by atoms with E-state index in [1.54, 1.807) is 0 Å². The molecule has 1 unspecified atom stereocenters. The molecule has 0 N–H and O–H groups in total. The van der Waals surface area contributed by atoms with Crippen LogP contribution in [0.15, 0.2) is 18.2 Å². The lowest BCUT2D eigenvalue weighted by Gasteiger charge is -2.40. The molecule has 2 fully saturated rings. The van der Waals surface area contributed by atoms with Gasteiger partial charge in [0.2, 0.25) is 5.91 Å². The highest BCUT2D eigenvalue weighted by Crippen LogP contribution is 2.32. The molecule has 0 spiro atoms. The molecule has 2 aliphatic heterocycles. The molecular formula is C21H29ClN2O3S. The summed E-state index contributed by atoms with van der Waals surface area (Å²) in [7, 11) is -3.02. The number of carbonyl (C=O) groups is 1. The van der Waals surface area contributed by atoms with Crippen LogP contribution in [0.5, 0.6) is 0 Å². The summed E-state index contributed by atoms with van der Waals surface area (Å²) in [6, 6.07) is 5.92. The predicted molar refractivity (Wildman–Crippen MR) is 113 cm³/mol. The van der Waals surface area contributed by atoms with Gasteiger partial charge in [0.25, 0.3) is 0 Å². The SMILES string of the molecule is O=C(CN1CCCc2cc(Cl)ccc21)N(C1CCCCC1)C1CCS(=O)(=O)C1. The Hall–Kier alpha value is -1.27. The fourth-order valence-corrected chi connectivity index (χ4v) is 7.02. The molecule has 0 radical (unpaired) electrons. The smallest absolute Gasteiger partial charge is 0.242 e. The van der Waals surface area contributed by atoms with Gasteiger partial charge in [-0.15, -0.1) is 0 Å². The van der Waals surface area contributed by atoms with E-state index in [0.717, 1.165) is 55.8 Å². The van der Waals surface area contributed by atoms with Crippen molar-refractivity contribution in [2.45, 2.75) is 63.5 Å². The second-order valence-electron chi connectivity index (χ2n) is 8.45. The summed E-state index contributed by atoms with van der Waals surface area (Å²) in [5.41, 5.74) is 2.28. The Morgan fingerprint density at radius 3 is 2.61 bits per heavy atom. The number of anilines is 1. The summed E-state index contributed by atoms with van der Waals surface area (Å²) < 4.78 is 24.2. The second-order valence-corrected chi connectivity index (χ2v) is 11.1. The van der Waals surface area contributed by atoms with Gasteiger partial charge in [0, 0.05) is 29.3 Å². The summed E-state index contributed by atoms with van der Waals surface area (Å²) in [6.07, 6.45) is 8.01. The zero-order chi connectivity index (χ0) is 19.7. The van der Waals surface area contributed by atoms with Gasteiger partial charge in [-0.25, -0.2) is 8.42 Å². The Bertz CT molecular complexity index is 836. The predicted octanol–water partition coefficient (Wildman–Crippen LogP) is 3.44. The molecule has 2 heterocycles. The van der Waals surface area contributed by atoms with Crippen molar-refractivity contribution < 1.29 is 13.2 Å². The van der Waals surface area contributed by atoms with Gasteiger partial charge >= 0.3 is 0 Å². The van der Waals surface area contributed by atoms with E-state index in [2.05, 4.69) is 4.90 Å². The number of carbonyl (C=O) groups excluding carboxylic acids is 1. The molecule has 1 amide bonds. The van der Waals surface area contributed by atoms with Crippen molar-refractivity contribution in [3.8, 4) is 0 Å². The highest BCUT2D eigenvalue weighted by Gasteiger charge is 2.39. The molecular weight excluding hydrogens is 396 g/mol. The maximum atomic E-state index is 13.4. The van der Waals surface area contributed by atoms with Gasteiger partial charge < -0.3 is 9.80 Å². The number of aryl methyl sites for hydroxylation is 1. The van der Waals surface area contributed by atoms with Crippen LogP contribution in [0.25, 0.3) is 0 Å². The van der Waals surface area contributed by atoms with E-state index < -0.39 is 9.84 Å². The van der Waals surface area contributed by atoms with Crippen molar-refractivity contribution in [3.63, 3.8) is 0 Å². The van der Waals surface area contributed by atoms with Crippen LogP contribution in [0.1, 0.15) is 50.5 Å².